The highest BCUT2D eigenvalue weighted by atomic mass is 32.2. The molecule has 0 amide bonds. The summed E-state index contributed by atoms with van der Waals surface area (Å²) in [6.45, 7) is 4.48. The van der Waals surface area contributed by atoms with Crippen molar-refractivity contribution in [2.24, 2.45) is 0 Å². The third kappa shape index (κ3) is 5.54. The van der Waals surface area contributed by atoms with E-state index in [0.717, 1.165) is 17.9 Å². The molecule has 3 nitrogen and oxygen atoms in total. The molecule has 0 aliphatic carbocycles. The number of nitrogens with zero attached hydrogens (tertiary/aromatic N) is 1. The van der Waals surface area contributed by atoms with Gasteiger partial charge in [0.2, 0.25) is 0 Å². The van der Waals surface area contributed by atoms with Gasteiger partial charge in [-0.05, 0) is 37.3 Å². The molecular weight excluding hydrogens is 256 g/mol. The zero-order valence-electron chi connectivity index (χ0n) is 11.8. The normalized spacial score (nSPS) is 13.6. The lowest BCUT2D eigenvalue weighted by Gasteiger charge is -2.22. The predicted octanol–water partition coefficient (Wildman–Crippen LogP) is 3.38. The van der Waals surface area contributed by atoms with Crippen LogP contribution in [0.15, 0.2) is 24.3 Å². The van der Waals surface area contributed by atoms with Gasteiger partial charge >= 0.3 is 0 Å². The predicted molar refractivity (Wildman–Crippen MR) is 81.6 cm³/mol. The van der Waals surface area contributed by atoms with E-state index in [-0.39, 0.29) is 6.61 Å². The molecule has 0 aliphatic rings. The molecule has 0 aliphatic heterocycles. The fraction of sp³-hybridized carbons (Fsp3) is 0.533. The van der Waals surface area contributed by atoms with Crippen LogP contribution >= 0.6 is 11.8 Å². The Hall–Kier alpha value is -1.18. The van der Waals surface area contributed by atoms with Gasteiger partial charge < -0.3 is 10.1 Å². The SMILES string of the molecule is CCC(CSC)NC(C)c1ccc(OCC#N)cc1. The lowest BCUT2D eigenvalue weighted by atomic mass is 10.1. The van der Waals surface area contributed by atoms with Crippen molar-refractivity contribution in [1.82, 2.24) is 5.32 Å². The first-order chi connectivity index (χ1) is 9.21. The summed E-state index contributed by atoms with van der Waals surface area (Å²) in [5, 5.41) is 12.1. The van der Waals surface area contributed by atoms with E-state index in [1.54, 1.807) is 0 Å². The zero-order valence-corrected chi connectivity index (χ0v) is 12.7. The average Bonchev–Trinajstić information content (AvgIpc) is 2.45. The largest absolute Gasteiger partial charge is 0.479 e. The molecule has 4 heteroatoms. The molecule has 0 radical (unpaired) electrons. The molecule has 1 aromatic carbocycles. The zero-order chi connectivity index (χ0) is 14.1. The standard InChI is InChI=1S/C15H22N2OS/c1-4-14(11-19-3)17-12(2)13-5-7-15(8-6-13)18-10-9-16/h5-8,12,14,17H,4,10-11H2,1-3H3. The number of hydrogen-bond acceptors (Lipinski definition) is 4. The van der Waals surface area contributed by atoms with E-state index >= 15 is 0 Å². The first kappa shape index (κ1) is 15.9. The molecule has 0 bridgehead atoms. The maximum Gasteiger partial charge on any atom is 0.174 e. The molecular formula is C15H22N2OS. The molecule has 0 saturated heterocycles. The number of benzene rings is 1. The summed E-state index contributed by atoms with van der Waals surface area (Å²) >= 11 is 1.87. The Morgan fingerprint density at radius 2 is 2.05 bits per heavy atom. The summed E-state index contributed by atoms with van der Waals surface area (Å²) in [5.74, 6) is 1.87. The second-order valence-corrected chi connectivity index (χ2v) is 5.38. The van der Waals surface area contributed by atoms with Crippen LogP contribution in [0.1, 0.15) is 31.9 Å². The highest BCUT2D eigenvalue weighted by Gasteiger charge is 2.11. The van der Waals surface area contributed by atoms with Gasteiger partial charge in [0.05, 0.1) is 0 Å². The minimum Gasteiger partial charge on any atom is -0.479 e. The van der Waals surface area contributed by atoms with E-state index < -0.39 is 0 Å². The van der Waals surface area contributed by atoms with Crippen molar-refractivity contribution in [3.8, 4) is 11.8 Å². The van der Waals surface area contributed by atoms with E-state index in [4.69, 9.17) is 10.00 Å². The first-order valence-corrected chi connectivity index (χ1v) is 7.95. The summed E-state index contributed by atoms with van der Waals surface area (Å²) in [6.07, 6.45) is 3.27. The third-order valence-corrected chi connectivity index (χ3v) is 3.77. The number of nitriles is 1. The van der Waals surface area contributed by atoms with Gasteiger partial charge in [-0.1, -0.05) is 19.1 Å². The summed E-state index contributed by atoms with van der Waals surface area (Å²) in [4.78, 5) is 0. The van der Waals surface area contributed by atoms with Gasteiger partial charge in [-0.15, -0.1) is 0 Å². The second kappa shape index (κ2) is 8.84. The van der Waals surface area contributed by atoms with Crippen molar-refractivity contribution in [3.63, 3.8) is 0 Å². The third-order valence-electron chi connectivity index (χ3n) is 3.03. The van der Waals surface area contributed by atoms with Crippen molar-refractivity contribution >= 4 is 11.8 Å². The van der Waals surface area contributed by atoms with E-state index in [0.29, 0.717) is 12.1 Å². The number of rotatable bonds is 8. The lowest BCUT2D eigenvalue weighted by Crippen LogP contribution is -2.32. The summed E-state index contributed by atoms with van der Waals surface area (Å²) in [6, 6.07) is 10.8. The van der Waals surface area contributed by atoms with Gasteiger partial charge in [0.25, 0.3) is 0 Å². The van der Waals surface area contributed by atoms with Crippen LogP contribution in [0, 0.1) is 11.3 Å². The molecule has 0 fully saturated rings. The van der Waals surface area contributed by atoms with Gasteiger partial charge in [-0.25, -0.2) is 0 Å². The minimum absolute atomic E-state index is 0.0960. The highest BCUT2D eigenvalue weighted by molar-refractivity contribution is 7.98. The lowest BCUT2D eigenvalue weighted by molar-refractivity contribution is 0.368. The molecule has 1 aromatic rings. The molecule has 1 N–H and O–H groups in total. The van der Waals surface area contributed by atoms with Gasteiger partial charge in [0.15, 0.2) is 6.61 Å². The van der Waals surface area contributed by atoms with E-state index in [1.165, 1.54) is 5.56 Å². The Bertz CT molecular complexity index is 400. The Morgan fingerprint density at radius 3 is 2.58 bits per heavy atom. The Morgan fingerprint density at radius 1 is 1.37 bits per heavy atom. The maximum atomic E-state index is 8.46. The molecule has 19 heavy (non-hydrogen) atoms. The Balaban J connectivity index is 2.57. The quantitative estimate of drug-likeness (QED) is 0.792. The number of ether oxygens (including phenoxy) is 1. The first-order valence-electron chi connectivity index (χ1n) is 6.56. The molecule has 1 rings (SSSR count). The molecule has 2 atom stereocenters. The van der Waals surface area contributed by atoms with Gasteiger partial charge in [0, 0.05) is 17.8 Å². The summed E-state index contributed by atoms with van der Waals surface area (Å²) in [5.41, 5.74) is 1.24. The van der Waals surface area contributed by atoms with E-state index in [2.05, 4.69) is 37.6 Å². The second-order valence-electron chi connectivity index (χ2n) is 4.46. The van der Waals surface area contributed by atoms with E-state index in [1.807, 2.05) is 30.0 Å². The fourth-order valence-corrected chi connectivity index (χ4v) is 2.64. The highest BCUT2D eigenvalue weighted by Crippen LogP contribution is 2.18. The van der Waals surface area contributed by atoms with Gasteiger partial charge in [-0.2, -0.15) is 17.0 Å². The van der Waals surface area contributed by atoms with Crippen LogP contribution in [0.2, 0.25) is 0 Å². The van der Waals surface area contributed by atoms with Crippen LogP contribution in [0.4, 0.5) is 0 Å². The van der Waals surface area contributed by atoms with Crippen molar-refractivity contribution < 1.29 is 4.74 Å². The summed E-state index contributed by atoms with van der Waals surface area (Å²) in [7, 11) is 0. The molecule has 0 aromatic heterocycles. The van der Waals surface area contributed by atoms with Crippen LogP contribution in [0.25, 0.3) is 0 Å². The molecule has 0 saturated carbocycles. The smallest absolute Gasteiger partial charge is 0.174 e. The van der Waals surface area contributed by atoms with Crippen molar-refractivity contribution in [2.75, 3.05) is 18.6 Å². The van der Waals surface area contributed by atoms with Crippen molar-refractivity contribution in [1.29, 1.82) is 5.26 Å². The molecule has 0 spiro atoms. The topological polar surface area (TPSA) is 45.0 Å². The van der Waals surface area contributed by atoms with Gasteiger partial charge in [-0.3, -0.25) is 0 Å². The van der Waals surface area contributed by atoms with Crippen LogP contribution in [-0.4, -0.2) is 24.7 Å². The van der Waals surface area contributed by atoms with Crippen molar-refractivity contribution in [3.05, 3.63) is 29.8 Å². The maximum absolute atomic E-state index is 8.46. The summed E-state index contributed by atoms with van der Waals surface area (Å²) < 4.78 is 5.25. The molecule has 0 heterocycles. The molecule has 2 unspecified atom stereocenters. The van der Waals surface area contributed by atoms with Crippen LogP contribution in [-0.2, 0) is 0 Å². The number of thioether (sulfide) groups is 1. The van der Waals surface area contributed by atoms with E-state index in [9.17, 15) is 0 Å². The molecule has 104 valence electrons. The number of hydrogen-bond donors (Lipinski definition) is 1. The van der Waals surface area contributed by atoms with Crippen LogP contribution < -0.4 is 10.1 Å². The average molecular weight is 278 g/mol. The fourth-order valence-electron chi connectivity index (χ4n) is 1.90. The minimum atomic E-state index is 0.0960. The Labute approximate surface area is 120 Å². The van der Waals surface area contributed by atoms with Crippen LogP contribution in [0.3, 0.4) is 0 Å². The monoisotopic (exact) mass is 278 g/mol. The van der Waals surface area contributed by atoms with Gasteiger partial charge in [0.1, 0.15) is 11.8 Å². The van der Waals surface area contributed by atoms with Crippen molar-refractivity contribution in [2.45, 2.75) is 32.4 Å². The van der Waals surface area contributed by atoms with Crippen LogP contribution in [0.5, 0.6) is 5.75 Å². The number of nitrogens with one attached hydrogen (secondary N) is 1. The Kier molecular flexibility index (Phi) is 7.39.